The second-order valence-electron chi connectivity index (χ2n) is 9.31. The molecule has 0 saturated heterocycles. The summed E-state index contributed by atoms with van der Waals surface area (Å²) in [6.07, 6.45) is 0.148. The summed E-state index contributed by atoms with van der Waals surface area (Å²) in [7, 11) is 1.57. The predicted octanol–water partition coefficient (Wildman–Crippen LogP) is 5.80. The zero-order valence-corrected chi connectivity index (χ0v) is 22.1. The standard InChI is InChI=1S/C31H25F2N5O3/c1-41-13-12-38-27-6-2-4-23(31(39)40)30(27)37-29(38)16-20-10-11-21(15-25(20)33)26-5-3-7-28(36-26)35-18-22-9-8-19(17-34)14-24(22)32/h2-11,14-15H,12-13,16,18H2,1H3,(H,35,36)(H,39,40). The molecule has 0 unspecified atom stereocenters. The first-order chi connectivity index (χ1) is 19.9. The maximum atomic E-state index is 15.4. The van der Waals surface area contributed by atoms with Gasteiger partial charge in [0.15, 0.2) is 0 Å². The Hall–Kier alpha value is -5.14. The molecule has 0 fully saturated rings. The van der Waals surface area contributed by atoms with Crippen LogP contribution in [0.3, 0.4) is 0 Å². The number of rotatable bonds is 10. The van der Waals surface area contributed by atoms with Crippen LogP contribution >= 0.6 is 0 Å². The van der Waals surface area contributed by atoms with Gasteiger partial charge in [-0.2, -0.15) is 5.26 Å². The number of benzene rings is 3. The number of nitrogens with one attached hydrogen (secondary N) is 1. The maximum Gasteiger partial charge on any atom is 0.337 e. The molecule has 0 spiro atoms. The minimum Gasteiger partial charge on any atom is -0.478 e. The number of hydrogen-bond donors (Lipinski definition) is 2. The first-order valence-electron chi connectivity index (χ1n) is 12.8. The van der Waals surface area contributed by atoms with E-state index in [1.54, 1.807) is 61.7 Å². The number of imidazole rings is 1. The van der Waals surface area contributed by atoms with Crippen molar-refractivity contribution in [1.29, 1.82) is 5.26 Å². The maximum absolute atomic E-state index is 15.4. The number of nitrogens with zero attached hydrogens (tertiary/aromatic N) is 4. The zero-order chi connectivity index (χ0) is 28.9. The number of aromatic carboxylic acids is 1. The number of hydrogen-bond acceptors (Lipinski definition) is 6. The fourth-order valence-electron chi connectivity index (χ4n) is 4.59. The van der Waals surface area contributed by atoms with Gasteiger partial charge in [0.2, 0.25) is 0 Å². The lowest BCUT2D eigenvalue weighted by Gasteiger charge is -2.11. The van der Waals surface area contributed by atoms with E-state index in [0.717, 1.165) is 0 Å². The summed E-state index contributed by atoms with van der Waals surface area (Å²) in [5, 5.41) is 21.6. The van der Waals surface area contributed by atoms with Gasteiger partial charge in [0.25, 0.3) is 0 Å². The minimum absolute atomic E-state index is 0.0808. The van der Waals surface area contributed by atoms with Gasteiger partial charge in [0.05, 0.1) is 35.0 Å². The van der Waals surface area contributed by atoms with Gasteiger partial charge < -0.3 is 19.7 Å². The zero-order valence-electron chi connectivity index (χ0n) is 22.1. The number of anilines is 1. The van der Waals surface area contributed by atoms with Crippen LogP contribution in [0.4, 0.5) is 14.6 Å². The lowest BCUT2D eigenvalue weighted by molar-refractivity contribution is 0.0699. The number of pyridine rings is 1. The van der Waals surface area contributed by atoms with E-state index in [2.05, 4.69) is 15.3 Å². The van der Waals surface area contributed by atoms with Gasteiger partial charge >= 0.3 is 5.97 Å². The quantitative estimate of drug-likeness (QED) is 0.225. The highest BCUT2D eigenvalue weighted by molar-refractivity contribution is 6.01. The molecule has 0 aliphatic rings. The van der Waals surface area contributed by atoms with Crippen molar-refractivity contribution in [2.24, 2.45) is 0 Å². The fourth-order valence-corrected chi connectivity index (χ4v) is 4.59. The van der Waals surface area contributed by atoms with E-state index < -0.39 is 17.6 Å². The first kappa shape index (κ1) is 27.4. The van der Waals surface area contributed by atoms with Gasteiger partial charge in [0.1, 0.15) is 28.8 Å². The Bertz CT molecular complexity index is 1800. The number of para-hydroxylation sites is 1. The number of fused-ring (bicyclic) bond motifs is 1. The molecule has 41 heavy (non-hydrogen) atoms. The summed E-state index contributed by atoms with van der Waals surface area (Å²) in [4.78, 5) is 20.9. The second kappa shape index (κ2) is 11.9. The van der Waals surface area contributed by atoms with Gasteiger partial charge in [-0.25, -0.2) is 23.5 Å². The number of nitriles is 1. The van der Waals surface area contributed by atoms with Gasteiger partial charge in [-0.15, -0.1) is 0 Å². The SMILES string of the molecule is COCCn1c(Cc2ccc(-c3cccc(NCc4ccc(C#N)cc4F)n3)cc2F)nc2c(C(=O)O)cccc21. The minimum atomic E-state index is -1.08. The highest BCUT2D eigenvalue weighted by atomic mass is 19.1. The molecule has 5 aromatic rings. The highest BCUT2D eigenvalue weighted by Gasteiger charge is 2.18. The van der Waals surface area contributed by atoms with Crippen LogP contribution in [-0.4, -0.2) is 39.3 Å². The first-order valence-corrected chi connectivity index (χ1v) is 12.8. The van der Waals surface area contributed by atoms with Gasteiger partial charge in [-0.05, 0) is 48.0 Å². The van der Waals surface area contributed by atoms with E-state index in [1.807, 2.05) is 10.6 Å². The number of methoxy groups -OCH3 is 1. The molecule has 0 atom stereocenters. The van der Waals surface area contributed by atoms with E-state index >= 15 is 4.39 Å². The van der Waals surface area contributed by atoms with Crippen LogP contribution < -0.4 is 5.32 Å². The monoisotopic (exact) mass is 553 g/mol. The molecule has 8 nitrogen and oxygen atoms in total. The van der Waals surface area contributed by atoms with Crippen LogP contribution in [0, 0.1) is 23.0 Å². The molecule has 0 aliphatic heterocycles. The van der Waals surface area contributed by atoms with Crippen LogP contribution in [-0.2, 0) is 24.2 Å². The lowest BCUT2D eigenvalue weighted by Crippen LogP contribution is -2.09. The van der Waals surface area contributed by atoms with Crippen molar-refractivity contribution in [2.75, 3.05) is 19.0 Å². The number of carboxylic acids is 1. The molecule has 2 heterocycles. The molecule has 0 radical (unpaired) electrons. The molecule has 2 aromatic heterocycles. The summed E-state index contributed by atoms with van der Waals surface area (Å²) in [5.74, 6) is -1.01. The molecule has 0 saturated carbocycles. The van der Waals surface area contributed by atoms with Gasteiger partial charge in [0, 0.05) is 37.7 Å². The van der Waals surface area contributed by atoms with Crippen molar-refractivity contribution in [3.05, 3.63) is 113 Å². The molecule has 0 amide bonds. The van der Waals surface area contributed by atoms with Crippen LogP contribution in [0.1, 0.15) is 32.9 Å². The number of aromatic nitrogens is 3. The van der Waals surface area contributed by atoms with Crippen molar-refractivity contribution < 1.29 is 23.4 Å². The smallest absolute Gasteiger partial charge is 0.337 e. The van der Waals surface area contributed by atoms with Crippen LogP contribution in [0.15, 0.2) is 72.8 Å². The Kier molecular flexibility index (Phi) is 7.99. The Labute approximate surface area is 234 Å². The largest absolute Gasteiger partial charge is 0.478 e. The van der Waals surface area contributed by atoms with Gasteiger partial charge in [-0.1, -0.05) is 30.3 Å². The molecule has 0 bridgehead atoms. The van der Waals surface area contributed by atoms with Gasteiger partial charge in [-0.3, -0.25) is 0 Å². The summed E-state index contributed by atoms with van der Waals surface area (Å²) in [5.41, 5.74) is 3.18. The summed E-state index contributed by atoms with van der Waals surface area (Å²) < 4.78 is 36.7. The van der Waals surface area contributed by atoms with E-state index in [4.69, 9.17) is 10.00 Å². The molecule has 0 aliphatic carbocycles. The van der Waals surface area contributed by atoms with Crippen LogP contribution in [0.25, 0.3) is 22.3 Å². The van der Waals surface area contributed by atoms with E-state index in [9.17, 15) is 14.3 Å². The Morgan fingerprint density at radius 2 is 1.80 bits per heavy atom. The number of carboxylic acid groups (broad SMARTS) is 1. The van der Waals surface area contributed by atoms with Crippen molar-refractivity contribution in [3.8, 4) is 17.3 Å². The van der Waals surface area contributed by atoms with Crippen molar-refractivity contribution in [3.63, 3.8) is 0 Å². The van der Waals surface area contributed by atoms with Crippen LogP contribution in [0.2, 0.25) is 0 Å². The van der Waals surface area contributed by atoms with E-state index in [0.29, 0.717) is 58.2 Å². The normalized spacial score (nSPS) is 11.0. The molecule has 3 aromatic carbocycles. The van der Waals surface area contributed by atoms with Crippen molar-refractivity contribution in [1.82, 2.24) is 14.5 Å². The molecular formula is C31H25F2N5O3. The molecular weight excluding hydrogens is 528 g/mol. The summed E-state index contributed by atoms with van der Waals surface area (Å²) in [6, 6.07) is 21.2. The van der Waals surface area contributed by atoms with E-state index in [1.165, 1.54) is 18.2 Å². The molecule has 2 N–H and O–H groups in total. The highest BCUT2D eigenvalue weighted by Crippen LogP contribution is 2.26. The fraction of sp³-hybridized carbons (Fsp3) is 0.161. The summed E-state index contributed by atoms with van der Waals surface area (Å²) in [6.45, 7) is 0.973. The Morgan fingerprint density at radius 3 is 2.54 bits per heavy atom. The lowest BCUT2D eigenvalue weighted by atomic mass is 10.1. The third kappa shape index (κ3) is 5.90. The Balaban J connectivity index is 1.38. The topological polar surface area (TPSA) is 113 Å². The van der Waals surface area contributed by atoms with Crippen LogP contribution in [0.5, 0.6) is 0 Å². The Morgan fingerprint density at radius 1 is 1.02 bits per heavy atom. The number of ether oxygens (including phenoxy) is 1. The average molecular weight is 554 g/mol. The predicted molar refractivity (Wildman–Crippen MR) is 149 cm³/mol. The number of carbonyl (C=O) groups is 1. The average Bonchev–Trinajstić information content (AvgIpc) is 3.33. The van der Waals surface area contributed by atoms with Crippen molar-refractivity contribution >= 4 is 22.8 Å². The van der Waals surface area contributed by atoms with E-state index in [-0.39, 0.29) is 24.1 Å². The summed E-state index contributed by atoms with van der Waals surface area (Å²) >= 11 is 0. The molecule has 206 valence electrons. The number of halogens is 2. The third-order valence-corrected chi connectivity index (χ3v) is 6.70. The second-order valence-corrected chi connectivity index (χ2v) is 9.31. The van der Waals surface area contributed by atoms with Crippen molar-refractivity contribution in [2.45, 2.75) is 19.5 Å². The third-order valence-electron chi connectivity index (χ3n) is 6.70. The molecule has 5 rings (SSSR count). The molecule has 10 heteroatoms.